The summed E-state index contributed by atoms with van der Waals surface area (Å²) < 4.78 is 5.00. The molecule has 22 heavy (non-hydrogen) atoms. The largest absolute Gasteiger partial charge is 0.472 e. The molecule has 4 heterocycles. The zero-order valence-corrected chi connectivity index (χ0v) is 12.5. The van der Waals surface area contributed by atoms with Crippen LogP contribution >= 0.6 is 0 Å². The van der Waals surface area contributed by atoms with E-state index in [0.717, 1.165) is 44.1 Å². The molecule has 0 unspecified atom stereocenters. The molecule has 1 amide bonds. The lowest BCUT2D eigenvalue weighted by molar-refractivity contribution is 0.0762. The Bertz CT molecular complexity index is 675. The van der Waals surface area contributed by atoms with Crippen molar-refractivity contribution in [1.82, 2.24) is 15.1 Å². The minimum atomic E-state index is 0.0687. The van der Waals surface area contributed by atoms with Crippen LogP contribution in [0.4, 0.5) is 5.82 Å². The number of carbonyl (C=O) groups is 1. The first-order chi connectivity index (χ1) is 10.7. The van der Waals surface area contributed by atoms with E-state index in [9.17, 15) is 4.79 Å². The fourth-order valence-corrected chi connectivity index (χ4v) is 3.42. The summed E-state index contributed by atoms with van der Waals surface area (Å²) in [5.74, 6) is 0.995. The first-order valence-corrected chi connectivity index (χ1v) is 7.52. The molecule has 0 radical (unpaired) electrons. The highest BCUT2D eigenvalue weighted by atomic mass is 16.3. The van der Waals surface area contributed by atoms with Crippen LogP contribution in [0.5, 0.6) is 0 Å². The smallest absolute Gasteiger partial charge is 0.257 e. The summed E-state index contributed by atoms with van der Waals surface area (Å²) in [5.41, 5.74) is 1.78. The summed E-state index contributed by atoms with van der Waals surface area (Å²) in [6.45, 7) is 5.45. The Morgan fingerprint density at radius 1 is 1.23 bits per heavy atom. The van der Waals surface area contributed by atoms with Gasteiger partial charge in [0.05, 0.1) is 17.5 Å². The van der Waals surface area contributed by atoms with Crippen molar-refractivity contribution in [3.05, 3.63) is 42.0 Å². The SMILES string of the molecule is Cc1ccc(N2CC3(CCN(C(=O)c4ccoc4)C3)C2)nn1. The number of nitrogens with zero attached hydrogens (tertiary/aromatic N) is 4. The average molecular weight is 298 g/mol. The Balaban J connectivity index is 1.40. The van der Waals surface area contributed by atoms with Gasteiger partial charge in [0.2, 0.25) is 0 Å². The molecule has 2 saturated heterocycles. The standard InChI is InChI=1S/C16H18N4O2/c1-12-2-3-14(18-17-12)20-10-16(11-20)5-6-19(9-16)15(21)13-4-7-22-8-13/h2-4,7-8H,5-6,9-11H2,1H3. The van der Waals surface area contributed by atoms with Crippen molar-refractivity contribution in [2.45, 2.75) is 13.3 Å². The molecule has 2 aromatic heterocycles. The molecule has 2 aliphatic heterocycles. The Hall–Kier alpha value is -2.37. The Kier molecular flexibility index (Phi) is 2.92. The van der Waals surface area contributed by atoms with Gasteiger partial charge in [-0.05, 0) is 31.5 Å². The number of furan rings is 1. The summed E-state index contributed by atoms with van der Waals surface area (Å²) in [4.78, 5) is 16.5. The minimum Gasteiger partial charge on any atom is -0.472 e. The van der Waals surface area contributed by atoms with Gasteiger partial charge in [0, 0.05) is 31.6 Å². The number of amides is 1. The van der Waals surface area contributed by atoms with Crippen molar-refractivity contribution in [2.75, 3.05) is 31.1 Å². The number of hydrogen-bond donors (Lipinski definition) is 0. The van der Waals surface area contributed by atoms with Gasteiger partial charge in [-0.1, -0.05) is 0 Å². The van der Waals surface area contributed by atoms with Crippen LogP contribution in [0.25, 0.3) is 0 Å². The van der Waals surface area contributed by atoms with E-state index in [1.54, 1.807) is 12.3 Å². The summed E-state index contributed by atoms with van der Waals surface area (Å²) in [6, 6.07) is 5.72. The monoisotopic (exact) mass is 298 g/mol. The normalized spacial score (nSPS) is 19.5. The number of rotatable bonds is 2. The van der Waals surface area contributed by atoms with Gasteiger partial charge in [-0.15, -0.1) is 5.10 Å². The number of carbonyl (C=O) groups excluding carboxylic acids is 1. The van der Waals surface area contributed by atoms with Crippen LogP contribution in [0.15, 0.2) is 35.1 Å². The second-order valence-corrected chi connectivity index (χ2v) is 6.38. The van der Waals surface area contributed by atoms with Crippen molar-refractivity contribution in [2.24, 2.45) is 5.41 Å². The highest BCUT2D eigenvalue weighted by Gasteiger charge is 2.49. The molecule has 2 fully saturated rings. The van der Waals surface area contributed by atoms with Crippen molar-refractivity contribution >= 4 is 11.7 Å². The fourth-order valence-electron chi connectivity index (χ4n) is 3.42. The van der Waals surface area contributed by atoms with Gasteiger partial charge in [0.15, 0.2) is 5.82 Å². The average Bonchev–Trinajstić information content (AvgIpc) is 3.16. The molecule has 2 aromatic rings. The maximum atomic E-state index is 12.4. The third-order valence-corrected chi connectivity index (χ3v) is 4.65. The summed E-state index contributed by atoms with van der Waals surface area (Å²) >= 11 is 0. The molecular formula is C16H18N4O2. The Morgan fingerprint density at radius 3 is 2.77 bits per heavy atom. The number of likely N-dealkylation sites (tertiary alicyclic amines) is 1. The van der Waals surface area contributed by atoms with Crippen LogP contribution in [-0.2, 0) is 0 Å². The molecule has 4 rings (SSSR count). The van der Waals surface area contributed by atoms with Crippen LogP contribution in [-0.4, -0.2) is 47.2 Å². The van der Waals surface area contributed by atoms with Crippen molar-refractivity contribution < 1.29 is 9.21 Å². The predicted octanol–water partition coefficient (Wildman–Crippen LogP) is 1.73. The Morgan fingerprint density at radius 2 is 2.09 bits per heavy atom. The molecule has 0 N–H and O–H groups in total. The summed E-state index contributed by atoms with van der Waals surface area (Å²) in [6.07, 6.45) is 4.11. The Labute approximate surface area is 128 Å². The van der Waals surface area contributed by atoms with Gasteiger partial charge in [-0.25, -0.2) is 0 Å². The van der Waals surface area contributed by atoms with Gasteiger partial charge < -0.3 is 14.2 Å². The molecule has 114 valence electrons. The molecule has 6 nitrogen and oxygen atoms in total. The maximum absolute atomic E-state index is 12.4. The lowest BCUT2D eigenvalue weighted by atomic mass is 9.79. The number of aromatic nitrogens is 2. The van der Waals surface area contributed by atoms with E-state index in [1.165, 1.54) is 6.26 Å². The van der Waals surface area contributed by atoms with Gasteiger partial charge in [-0.2, -0.15) is 5.10 Å². The molecule has 0 saturated carbocycles. The highest BCUT2D eigenvalue weighted by Crippen LogP contribution is 2.41. The zero-order valence-electron chi connectivity index (χ0n) is 12.5. The molecule has 6 heteroatoms. The third-order valence-electron chi connectivity index (χ3n) is 4.65. The van der Waals surface area contributed by atoms with E-state index in [4.69, 9.17) is 4.42 Å². The van der Waals surface area contributed by atoms with Crippen LogP contribution in [0, 0.1) is 12.3 Å². The predicted molar refractivity (Wildman–Crippen MR) is 80.6 cm³/mol. The van der Waals surface area contributed by atoms with Gasteiger partial charge >= 0.3 is 0 Å². The second kappa shape index (κ2) is 4.83. The van der Waals surface area contributed by atoms with E-state index in [1.807, 2.05) is 24.0 Å². The van der Waals surface area contributed by atoms with Crippen LogP contribution in [0.2, 0.25) is 0 Å². The first-order valence-electron chi connectivity index (χ1n) is 7.52. The molecule has 2 aliphatic rings. The minimum absolute atomic E-state index is 0.0687. The van der Waals surface area contributed by atoms with Gasteiger partial charge in [0.25, 0.3) is 5.91 Å². The van der Waals surface area contributed by atoms with E-state index in [0.29, 0.717) is 5.56 Å². The zero-order chi connectivity index (χ0) is 15.2. The molecular weight excluding hydrogens is 280 g/mol. The first kappa shape index (κ1) is 13.3. The van der Waals surface area contributed by atoms with Crippen LogP contribution < -0.4 is 4.90 Å². The van der Waals surface area contributed by atoms with E-state index in [-0.39, 0.29) is 11.3 Å². The summed E-state index contributed by atoms with van der Waals surface area (Å²) in [7, 11) is 0. The van der Waals surface area contributed by atoms with Crippen molar-refractivity contribution in [3.63, 3.8) is 0 Å². The maximum Gasteiger partial charge on any atom is 0.257 e. The fraction of sp³-hybridized carbons (Fsp3) is 0.438. The van der Waals surface area contributed by atoms with Crippen LogP contribution in [0.3, 0.4) is 0 Å². The molecule has 0 atom stereocenters. The van der Waals surface area contributed by atoms with Gasteiger partial charge in [-0.3, -0.25) is 4.79 Å². The van der Waals surface area contributed by atoms with Gasteiger partial charge in [0.1, 0.15) is 6.26 Å². The molecule has 0 aromatic carbocycles. The quantitative estimate of drug-likeness (QED) is 0.845. The van der Waals surface area contributed by atoms with E-state index >= 15 is 0 Å². The molecule has 0 bridgehead atoms. The number of hydrogen-bond acceptors (Lipinski definition) is 5. The highest BCUT2D eigenvalue weighted by molar-refractivity contribution is 5.94. The lowest BCUT2D eigenvalue weighted by Crippen LogP contribution is -2.58. The third kappa shape index (κ3) is 2.15. The number of anilines is 1. The lowest BCUT2D eigenvalue weighted by Gasteiger charge is -2.48. The van der Waals surface area contributed by atoms with Crippen molar-refractivity contribution in [1.29, 1.82) is 0 Å². The second-order valence-electron chi connectivity index (χ2n) is 6.38. The topological polar surface area (TPSA) is 62.5 Å². The van der Waals surface area contributed by atoms with E-state index < -0.39 is 0 Å². The summed E-state index contributed by atoms with van der Waals surface area (Å²) in [5, 5.41) is 8.34. The van der Waals surface area contributed by atoms with Crippen molar-refractivity contribution in [3.8, 4) is 0 Å². The molecule has 0 aliphatic carbocycles. The van der Waals surface area contributed by atoms with Crippen LogP contribution in [0.1, 0.15) is 22.5 Å². The molecule has 1 spiro atoms. The number of aryl methyl sites for hydroxylation is 1. The van der Waals surface area contributed by atoms with E-state index in [2.05, 4.69) is 15.1 Å².